The molecule has 11 nitrogen and oxygen atoms in total. The number of fused-ring (bicyclic) bond motifs is 3. The maximum absolute atomic E-state index is 13.0. The van der Waals surface area contributed by atoms with E-state index in [1.54, 1.807) is 49.6 Å². The first-order chi connectivity index (χ1) is 17.4. The van der Waals surface area contributed by atoms with E-state index in [0.29, 0.717) is 40.3 Å². The number of H-pyrrole nitrogens is 1. The van der Waals surface area contributed by atoms with E-state index in [2.05, 4.69) is 38.1 Å². The van der Waals surface area contributed by atoms with Crippen LogP contribution < -0.4 is 20.7 Å². The zero-order chi connectivity index (χ0) is 25.7. The molecule has 0 spiro atoms. The number of ether oxygens (including phenoxy) is 1. The molecule has 2 atom stereocenters. The summed E-state index contributed by atoms with van der Waals surface area (Å²) < 4.78 is 5.18. The van der Waals surface area contributed by atoms with Crippen molar-refractivity contribution in [3.05, 3.63) is 48.2 Å². The number of carbonyl (C=O) groups excluding carboxylic acids is 2. The summed E-state index contributed by atoms with van der Waals surface area (Å²) in [5.74, 6) is 0.467. The van der Waals surface area contributed by atoms with Gasteiger partial charge in [0.25, 0.3) is 12.4 Å². The Kier molecular flexibility index (Phi) is 7.69. The monoisotopic (exact) mass is 494 g/mol. The summed E-state index contributed by atoms with van der Waals surface area (Å²) in [6, 6.07) is 13.3. The second-order valence-electron chi connectivity index (χ2n) is 8.94. The van der Waals surface area contributed by atoms with Crippen LogP contribution in [0.25, 0.3) is 10.9 Å². The van der Waals surface area contributed by atoms with Gasteiger partial charge in [0, 0.05) is 41.0 Å². The van der Waals surface area contributed by atoms with Gasteiger partial charge in [-0.2, -0.15) is 5.10 Å². The first-order valence-electron chi connectivity index (χ1n) is 11.7. The molecule has 2 fully saturated rings. The minimum Gasteiger partial charge on any atom is -0.497 e. The molecular formula is C25H30N6O5. The van der Waals surface area contributed by atoms with Crippen molar-refractivity contribution >= 4 is 40.7 Å². The number of amides is 3. The molecule has 3 aromatic rings. The van der Waals surface area contributed by atoms with Gasteiger partial charge in [-0.15, -0.1) is 0 Å². The van der Waals surface area contributed by atoms with Crippen LogP contribution in [0, 0.1) is 0 Å². The number of methoxy groups -OCH3 is 1. The number of nitrogens with one attached hydrogen (secondary N) is 4. The van der Waals surface area contributed by atoms with Gasteiger partial charge in [0.15, 0.2) is 5.69 Å². The Morgan fingerprint density at radius 3 is 2.44 bits per heavy atom. The number of benzene rings is 2. The largest absolute Gasteiger partial charge is 0.497 e. The highest BCUT2D eigenvalue weighted by Crippen LogP contribution is 2.34. The zero-order valence-corrected chi connectivity index (χ0v) is 20.2. The molecule has 3 amide bonds. The van der Waals surface area contributed by atoms with Crippen LogP contribution in [0.1, 0.15) is 36.2 Å². The van der Waals surface area contributed by atoms with E-state index in [9.17, 15) is 9.59 Å². The normalized spacial score (nSPS) is 20.7. The van der Waals surface area contributed by atoms with E-state index in [1.165, 1.54) is 12.8 Å². The quantitative estimate of drug-likeness (QED) is 0.342. The fourth-order valence-electron chi connectivity index (χ4n) is 5.04. The van der Waals surface area contributed by atoms with Gasteiger partial charge in [-0.3, -0.25) is 14.7 Å². The number of carbonyl (C=O) groups is 3. The highest BCUT2D eigenvalue weighted by Gasteiger charge is 2.39. The number of anilines is 2. The number of nitrogens with zero attached hydrogens (tertiary/aromatic N) is 2. The third-order valence-corrected chi connectivity index (χ3v) is 6.80. The first kappa shape index (κ1) is 25.0. The Balaban J connectivity index is 0.000000967. The predicted molar refractivity (Wildman–Crippen MR) is 135 cm³/mol. The van der Waals surface area contributed by atoms with E-state index in [-0.39, 0.29) is 24.5 Å². The molecule has 5 N–H and O–H groups in total. The summed E-state index contributed by atoms with van der Waals surface area (Å²) in [5, 5.41) is 23.5. The second-order valence-corrected chi connectivity index (χ2v) is 8.94. The fourth-order valence-corrected chi connectivity index (χ4v) is 5.04. The summed E-state index contributed by atoms with van der Waals surface area (Å²) in [5.41, 5.74) is 2.26. The lowest BCUT2D eigenvalue weighted by Crippen LogP contribution is -2.48. The SMILES string of the molecule is COc1cccc(NC(=O)Nc2ccc3[nH]nc(C(=O)NC4CC5CCC(C4)N5C)c3c2)c1.O=CO. The van der Waals surface area contributed by atoms with Gasteiger partial charge in [-0.1, -0.05) is 6.07 Å². The third-order valence-electron chi connectivity index (χ3n) is 6.80. The number of rotatable bonds is 5. The third kappa shape index (κ3) is 5.57. The highest BCUT2D eigenvalue weighted by atomic mass is 16.5. The summed E-state index contributed by atoms with van der Waals surface area (Å²) in [6.45, 7) is -0.250. The topological polar surface area (TPSA) is 149 Å². The molecule has 11 heteroatoms. The molecule has 2 aliphatic heterocycles. The van der Waals surface area contributed by atoms with Gasteiger partial charge in [0.05, 0.1) is 12.6 Å². The van der Waals surface area contributed by atoms with E-state index in [4.69, 9.17) is 14.6 Å². The molecule has 0 radical (unpaired) electrons. The van der Waals surface area contributed by atoms with Crippen LogP contribution >= 0.6 is 0 Å². The number of piperidine rings is 1. The van der Waals surface area contributed by atoms with Crippen LogP contribution in [-0.4, -0.2) is 70.9 Å². The predicted octanol–water partition coefficient (Wildman–Crippen LogP) is 3.27. The van der Waals surface area contributed by atoms with Gasteiger partial charge in [-0.05, 0) is 63.1 Å². The number of hydrogen-bond acceptors (Lipinski definition) is 6. The number of urea groups is 1. The molecule has 36 heavy (non-hydrogen) atoms. The minimum atomic E-state index is -0.390. The van der Waals surface area contributed by atoms with Crippen LogP contribution in [0.15, 0.2) is 42.5 Å². The van der Waals surface area contributed by atoms with Crippen molar-refractivity contribution in [2.45, 2.75) is 43.8 Å². The molecule has 2 aliphatic rings. The zero-order valence-electron chi connectivity index (χ0n) is 20.2. The fraction of sp³-hybridized carbons (Fsp3) is 0.360. The van der Waals surface area contributed by atoms with E-state index >= 15 is 0 Å². The van der Waals surface area contributed by atoms with Crippen molar-refractivity contribution in [2.24, 2.45) is 0 Å². The van der Waals surface area contributed by atoms with Crippen LogP contribution in [0.2, 0.25) is 0 Å². The standard InChI is InChI=1S/C24H28N6O3.CH2O2/c1-30-17-7-8-18(30)11-16(10-17)25-23(31)22-20-13-15(6-9-21(20)28-29-22)27-24(32)26-14-4-3-5-19(12-14)33-2;2-1-3/h3-6,9,12-13,16-18H,7-8,10-11H2,1-2H3,(H,25,31)(H,28,29)(H2,26,27,32);1H,(H,2,3). The molecule has 2 saturated heterocycles. The number of aromatic nitrogens is 2. The summed E-state index contributed by atoms with van der Waals surface area (Å²) >= 11 is 0. The van der Waals surface area contributed by atoms with Gasteiger partial charge in [-0.25, -0.2) is 4.79 Å². The van der Waals surface area contributed by atoms with Gasteiger partial charge in [0.2, 0.25) is 0 Å². The van der Waals surface area contributed by atoms with Crippen LogP contribution in [-0.2, 0) is 4.79 Å². The summed E-state index contributed by atoms with van der Waals surface area (Å²) in [7, 11) is 3.75. The second kappa shape index (κ2) is 11.1. The molecule has 2 aromatic carbocycles. The summed E-state index contributed by atoms with van der Waals surface area (Å²) in [6.07, 6.45) is 4.34. The molecular weight excluding hydrogens is 464 g/mol. The van der Waals surface area contributed by atoms with E-state index in [0.717, 1.165) is 18.4 Å². The van der Waals surface area contributed by atoms with E-state index in [1.807, 2.05) is 0 Å². The molecule has 5 rings (SSSR count). The Labute approximate surface area is 208 Å². The van der Waals surface area contributed by atoms with Crippen LogP contribution in [0.3, 0.4) is 0 Å². The highest BCUT2D eigenvalue weighted by molar-refractivity contribution is 6.07. The Bertz CT molecular complexity index is 1230. The van der Waals surface area contributed by atoms with E-state index < -0.39 is 0 Å². The number of aromatic amines is 1. The lowest BCUT2D eigenvalue weighted by Gasteiger charge is -2.36. The lowest BCUT2D eigenvalue weighted by molar-refractivity contribution is -0.122. The molecule has 1 aromatic heterocycles. The lowest BCUT2D eigenvalue weighted by atomic mass is 9.98. The van der Waals surface area contributed by atoms with Crippen LogP contribution in [0.4, 0.5) is 16.2 Å². The average Bonchev–Trinajstić information content (AvgIpc) is 3.35. The van der Waals surface area contributed by atoms with Gasteiger partial charge < -0.3 is 30.7 Å². The first-order valence-corrected chi connectivity index (χ1v) is 11.7. The summed E-state index contributed by atoms with van der Waals surface area (Å²) in [4.78, 5) is 36.3. The van der Waals surface area contributed by atoms with Gasteiger partial charge in [0.1, 0.15) is 5.75 Å². The molecule has 0 aliphatic carbocycles. The van der Waals surface area contributed by atoms with Crippen molar-refractivity contribution in [1.82, 2.24) is 20.4 Å². The molecule has 0 saturated carbocycles. The Hall–Kier alpha value is -4.12. The number of carboxylic acid groups (broad SMARTS) is 1. The smallest absolute Gasteiger partial charge is 0.323 e. The Morgan fingerprint density at radius 2 is 1.78 bits per heavy atom. The van der Waals surface area contributed by atoms with Crippen molar-refractivity contribution in [3.8, 4) is 5.75 Å². The maximum Gasteiger partial charge on any atom is 0.323 e. The Morgan fingerprint density at radius 1 is 1.11 bits per heavy atom. The molecule has 2 unspecified atom stereocenters. The van der Waals surface area contributed by atoms with Crippen LogP contribution in [0.5, 0.6) is 5.75 Å². The molecule has 3 heterocycles. The maximum atomic E-state index is 13.0. The number of hydrogen-bond donors (Lipinski definition) is 5. The average molecular weight is 495 g/mol. The van der Waals surface area contributed by atoms with Crippen molar-refractivity contribution < 1.29 is 24.2 Å². The van der Waals surface area contributed by atoms with Gasteiger partial charge >= 0.3 is 6.03 Å². The molecule has 190 valence electrons. The van der Waals surface area contributed by atoms with Crippen molar-refractivity contribution in [1.29, 1.82) is 0 Å². The minimum absolute atomic E-state index is 0.160. The van der Waals surface area contributed by atoms with Crippen molar-refractivity contribution in [2.75, 3.05) is 24.8 Å². The molecule has 2 bridgehead atoms. The van der Waals surface area contributed by atoms with Crippen molar-refractivity contribution in [3.63, 3.8) is 0 Å².